The Labute approximate surface area is 508 Å². The van der Waals surface area contributed by atoms with Crippen LogP contribution in [0.25, 0.3) is 0 Å². The van der Waals surface area contributed by atoms with E-state index in [0.717, 1.165) is 70.6 Å². The van der Waals surface area contributed by atoms with Gasteiger partial charge in [0.25, 0.3) is 0 Å². The van der Waals surface area contributed by atoms with Gasteiger partial charge in [-0.05, 0) is 64.2 Å². The van der Waals surface area contributed by atoms with Crippen molar-refractivity contribution in [3.63, 3.8) is 0 Å². The first-order valence-electron chi connectivity index (χ1n) is 32.7. The van der Waals surface area contributed by atoms with Gasteiger partial charge in [-0.25, -0.2) is 0 Å². The molecule has 3 aliphatic rings. The van der Waals surface area contributed by atoms with Crippen LogP contribution >= 0.6 is 0 Å². The van der Waals surface area contributed by atoms with E-state index >= 15 is 0 Å². The Morgan fingerprint density at radius 3 is 1.25 bits per heavy atom. The second-order valence-corrected chi connectivity index (χ2v) is 23.2. The molecule has 3 saturated heterocycles. The third-order valence-corrected chi connectivity index (χ3v) is 16.0. The van der Waals surface area contributed by atoms with Crippen LogP contribution in [0.3, 0.4) is 0 Å². The number of allylic oxidation sites excluding steroid dienone is 12. The van der Waals surface area contributed by atoms with Crippen LogP contribution in [0.4, 0.5) is 0 Å². The van der Waals surface area contributed by atoms with Gasteiger partial charge < -0.3 is 89.9 Å². The van der Waals surface area contributed by atoms with E-state index in [1.54, 1.807) is 0 Å². The molecule has 17 atom stereocenters. The Kier molecular flexibility index (Phi) is 43.3. The SMILES string of the molecule is CC/C=C\C/C=C\C/C=C\C/C=C\C/C=C\C/C=C\CCCCC(=O)NC(COC1OC(CO)C(OC2OC(CO)C(OC3OC(CO)C(O)C(O)C3O)C(O)C2O)C(O)C1O)C(O)CCCCCCCCCCCCCCCCCCCCC. The topological polar surface area (TPSA) is 307 Å². The average Bonchev–Trinajstić information content (AvgIpc) is 3.10. The minimum absolute atomic E-state index is 0.208. The maximum absolute atomic E-state index is 13.4. The highest BCUT2D eigenvalue weighted by Crippen LogP contribution is 2.33. The predicted octanol–water partition coefficient (Wildman–Crippen LogP) is 7.38. The highest BCUT2D eigenvalue weighted by Gasteiger charge is 2.53. The second kappa shape index (κ2) is 48.1. The molecule has 0 aromatic rings. The molecule has 0 aliphatic carbocycles. The number of hydrogen-bond acceptors (Lipinski definition) is 18. The van der Waals surface area contributed by atoms with E-state index in [0.29, 0.717) is 19.3 Å². The van der Waals surface area contributed by atoms with Crippen LogP contribution < -0.4 is 5.32 Å². The summed E-state index contributed by atoms with van der Waals surface area (Å²) < 4.78 is 34.3. The summed E-state index contributed by atoms with van der Waals surface area (Å²) in [7, 11) is 0. The van der Waals surface area contributed by atoms with Crippen LogP contribution in [0, 0.1) is 0 Å². The summed E-state index contributed by atoms with van der Waals surface area (Å²) in [4.78, 5) is 13.4. The molecule has 0 aromatic carbocycles. The lowest BCUT2D eigenvalue weighted by Crippen LogP contribution is -2.66. The fourth-order valence-corrected chi connectivity index (χ4v) is 10.7. The summed E-state index contributed by atoms with van der Waals surface area (Å²) in [5.41, 5.74) is 0. The number of carbonyl (C=O) groups is 1. The minimum Gasteiger partial charge on any atom is -0.394 e. The van der Waals surface area contributed by atoms with E-state index in [2.05, 4.69) is 92.1 Å². The van der Waals surface area contributed by atoms with Crippen molar-refractivity contribution in [2.45, 2.75) is 311 Å². The number of rotatable bonds is 48. The molecule has 0 saturated carbocycles. The zero-order valence-electron chi connectivity index (χ0n) is 51.6. The Bertz CT molecular complexity index is 1830. The highest BCUT2D eigenvalue weighted by molar-refractivity contribution is 5.76. The molecule has 19 heteroatoms. The molecule has 3 rings (SSSR count). The second-order valence-electron chi connectivity index (χ2n) is 23.2. The standard InChI is InChI=1S/C66H115NO18/c1-3-5-7-9-11-13-15-17-19-21-23-24-26-28-30-32-34-36-38-40-42-44-54(72)67-49(50(71)43-41-39-37-35-33-31-29-27-25-22-20-18-16-14-12-10-8-6-4-2)48-80-64-60(78)57(75)62(52(46-69)82-64)85-66-61(79)58(76)63(53(47-70)83-66)84-65-59(77)56(74)55(73)51(45-68)81-65/h5,7,11,13,17,19,23-24,28,30,34,36,49-53,55-66,68-71,73-79H,3-4,6,8-10,12,14-16,18,20-22,25-27,29,31-33,35,37-48H2,1-2H3,(H,67,72)/b7-5-,13-11-,19-17-,24-23-,30-28-,36-34-. The van der Waals surface area contributed by atoms with Gasteiger partial charge in [-0.15, -0.1) is 0 Å². The lowest BCUT2D eigenvalue weighted by molar-refractivity contribution is -0.379. The van der Waals surface area contributed by atoms with Crippen molar-refractivity contribution in [3.8, 4) is 0 Å². The first-order valence-corrected chi connectivity index (χ1v) is 32.7. The van der Waals surface area contributed by atoms with Gasteiger partial charge in [0.05, 0.1) is 38.6 Å². The number of nitrogens with one attached hydrogen (secondary N) is 1. The number of aliphatic hydroxyl groups is 11. The number of carbonyl (C=O) groups excluding carboxylic acids is 1. The smallest absolute Gasteiger partial charge is 0.220 e. The fraction of sp³-hybridized carbons (Fsp3) is 0.803. The van der Waals surface area contributed by atoms with Crippen LogP contribution in [0.1, 0.15) is 206 Å². The molecule has 0 bridgehead atoms. The first-order chi connectivity index (χ1) is 41.3. The van der Waals surface area contributed by atoms with Gasteiger partial charge in [-0.3, -0.25) is 4.79 Å². The normalized spacial score (nSPS) is 29.4. The zero-order chi connectivity index (χ0) is 61.9. The summed E-state index contributed by atoms with van der Waals surface area (Å²) >= 11 is 0. The zero-order valence-corrected chi connectivity index (χ0v) is 51.6. The largest absolute Gasteiger partial charge is 0.394 e. The van der Waals surface area contributed by atoms with E-state index < -0.39 is 124 Å². The third-order valence-electron chi connectivity index (χ3n) is 16.0. The minimum atomic E-state index is -1.98. The van der Waals surface area contributed by atoms with E-state index in [1.807, 2.05) is 0 Å². The summed E-state index contributed by atoms with van der Waals surface area (Å²) in [5.74, 6) is -0.286. The number of hydrogen-bond donors (Lipinski definition) is 12. The molecule has 19 nitrogen and oxygen atoms in total. The summed E-state index contributed by atoms with van der Waals surface area (Å²) in [5, 5.41) is 120. The maximum Gasteiger partial charge on any atom is 0.220 e. The van der Waals surface area contributed by atoms with Gasteiger partial charge in [0.1, 0.15) is 73.2 Å². The van der Waals surface area contributed by atoms with Gasteiger partial charge in [-0.1, -0.05) is 209 Å². The van der Waals surface area contributed by atoms with Gasteiger partial charge in [0, 0.05) is 6.42 Å². The molecule has 3 aliphatic heterocycles. The van der Waals surface area contributed by atoms with E-state index in [9.17, 15) is 61.0 Å². The van der Waals surface area contributed by atoms with Gasteiger partial charge >= 0.3 is 0 Å². The Balaban J connectivity index is 1.48. The first kappa shape index (κ1) is 76.5. The molecule has 85 heavy (non-hydrogen) atoms. The summed E-state index contributed by atoms with van der Waals surface area (Å²) in [6.07, 6.45) is 31.2. The molecule has 3 heterocycles. The van der Waals surface area contributed by atoms with Crippen molar-refractivity contribution in [1.29, 1.82) is 0 Å². The van der Waals surface area contributed by atoms with Crippen LogP contribution in [0.5, 0.6) is 0 Å². The van der Waals surface area contributed by atoms with Crippen LogP contribution in [0.2, 0.25) is 0 Å². The van der Waals surface area contributed by atoms with Crippen molar-refractivity contribution in [2.75, 3.05) is 26.4 Å². The Morgan fingerprint density at radius 1 is 0.435 bits per heavy atom. The van der Waals surface area contributed by atoms with E-state index in [4.69, 9.17) is 28.4 Å². The number of ether oxygens (including phenoxy) is 6. The monoisotopic (exact) mass is 1210 g/mol. The van der Waals surface area contributed by atoms with E-state index in [1.165, 1.54) is 96.3 Å². The van der Waals surface area contributed by atoms with Crippen molar-refractivity contribution in [2.24, 2.45) is 0 Å². The van der Waals surface area contributed by atoms with Crippen LogP contribution in [-0.4, -0.2) is 193 Å². The molecule has 0 aromatic heterocycles. The number of unbranched alkanes of at least 4 members (excludes halogenated alkanes) is 20. The van der Waals surface area contributed by atoms with Crippen molar-refractivity contribution in [3.05, 3.63) is 72.9 Å². The predicted molar refractivity (Wildman–Crippen MR) is 328 cm³/mol. The van der Waals surface area contributed by atoms with Crippen LogP contribution in [0.15, 0.2) is 72.9 Å². The molecular weight excluding hydrogens is 1090 g/mol. The average molecular weight is 1210 g/mol. The van der Waals surface area contributed by atoms with Gasteiger partial charge in [0.15, 0.2) is 18.9 Å². The fourth-order valence-electron chi connectivity index (χ4n) is 10.7. The maximum atomic E-state index is 13.4. The quantitative estimate of drug-likeness (QED) is 0.0209. The molecule has 3 fully saturated rings. The summed E-state index contributed by atoms with van der Waals surface area (Å²) in [6, 6.07) is -0.915. The van der Waals surface area contributed by atoms with Crippen molar-refractivity contribution in [1.82, 2.24) is 5.32 Å². The Hall–Kier alpha value is -2.77. The van der Waals surface area contributed by atoms with Crippen molar-refractivity contribution < 1.29 is 89.4 Å². The van der Waals surface area contributed by atoms with Gasteiger partial charge in [0.2, 0.25) is 5.91 Å². The molecule has 492 valence electrons. The van der Waals surface area contributed by atoms with Crippen LogP contribution in [-0.2, 0) is 33.2 Å². The molecule has 12 N–H and O–H groups in total. The number of aliphatic hydroxyl groups excluding tert-OH is 11. The third kappa shape index (κ3) is 31.0. The Morgan fingerprint density at radius 2 is 0.812 bits per heavy atom. The molecule has 0 spiro atoms. The highest BCUT2D eigenvalue weighted by atomic mass is 16.8. The molecular formula is C66H115NO18. The van der Waals surface area contributed by atoms with Gasteiger partial charge in [-0.2, -0.15) is 0 Å². The molecule has 17 unspecified atom stereocenters. The lowest BCUT2D eigenvalue weighted by atomic mass is 9.96. The number of amides is 1. The van der Waals surface area contributed by atoms with E-state index in [-0.39, 0.29) is 18.9 Å². The molecule has 1 amide bonds. The lowest BCUT2D eigenvalue weighted by Gasteiger charge is -2.48. The summed E-state index contributed by atoms with van der Waals surface area (Å²) in [6.45, 7) is 1.65. The molecule has 0 radical (unpaired) electrons. The van der Waals surface area contributed by atoms with Crippen molar-refractivity contribution >= 4 is 5.91 Å².